The first-order valence-corrected chi connectivity index (χ1v) is 7.94. The van der Waals surface area contributed by atoms with E-state index in [1.807, 2.05) is 20.8 Å². The van der Waals surface area contributed by atoms with Crippen LogP contribution in [0.5, 0.6) is 0 Å². The summed E-state index contributed by atoms with van der Waals surface area (Å²) < 4.78 is 17.0. The second kappa shape index (κ2) is 7.40. The van der Waals surface area contributed by atoms with Gasteiger partial charge in [0, 0.05) is 25.9 Å². The quantitative estimate of drug-likeness (QED) is 0.590. The molecule has 0 bridgehead atoms. The van der Waals surface area contributed by atoms with Gasteiger partial charge in [-0.05, 0) is 41.0 Å². The van der Waals surface area contributed by atoms with Gasteiger partial charge in [0.2, 0.25) is 0 Å². The Labute approximate surface area is 100 Å². The van der Waals surface area contributed by atoms with Crippen LogP contribution in [0.1, 0.15) is 41.0 Å². The summed E-state index contributed by atoms with van der Waals surface area (Å²) in [5.41, 5.74) is -0.955. The van der Waals surface area contributed by atoms with Crippen molar-refractivity contribution in [2.24, 2.45) is 0 Å². The standard InChI is InChI=1S/C11H25O4Si/c1-6-13-16(14-7-2,15-8-3)10-9-11(4,5)12/h6-10H2,1-5H3. The highest BCUT2D eigenvalue weighted by atomic mass is 28.4. The zero-order valence-corrected chi connectivity index (χ0v) is 12.2. The van der Waals surface area contributed by atoms with E-state index in [0.29, 0.717) is 32.3 Å². The van der Waals surface area contributed by atoms with E-state index in [4.69, 9.17) is 13.3 Å². The summed E-state index contributed by atoms with van der Waals surface area (Å²) in [6.07, 6.45) is 0.513. The molecule has 0 aliphatic rings. The monoisotopic (exact) mass is 249 g/mol. The minimum absolute atomic E-state index is 0.513. The van der Waals surface area contributed by atoms with E-state index in [1.165, 1.54) is 0 Å². The maximum absolute atomic E-state index is 11.6. The Hall–Kier alpha value is 0.0569. The maximum atomic E-state index is 11.6. The Bertz CT molecular complexity index is 162. The molecule has 0 aromatic carbocycles. The average Bonchev–Trinajstić information content (AvgIpc) is 2.15. The first-order chi connectivity index (χ1) is 7.39. The first kappa shape index (κ1) is 16.1. The van der Waals surface area contributed by atoms with Gasteiger partial charge >= 0.3 is 8.80 Å². The number of hydrogen-bond acceptors (Lipinski definition) is 3. The van der Waals surface area contributed by atoms with Crippen LogP contribution in [0.25, 0.3) is 0 Å². The summed E-state index contributed by atoms with van der Waals surface area (Å²) in [6, 6.07) is 0.596. The van der Waals surface area contributed by atoms with Gasteiger partial charge in [-0.1, -0.05) is 0 Å². The van der Waals surface area contributed by atoms with Gasteiger partial charge in [0.15, 0.2) is 0 Å². The molecule has 0 N–H and O–H groups in total. The highest BCUT2D eigenvalue weighted by molar-refractivity contribution is 6.60. The molecule has 0 aliphatic heterocycles. The van der Waals surface area contributed by atoms with Gasteiger partial charge in [-0.2, -0.15) is 0 Å². The molecule has 0 aliphatic carbocycles. The highest BCUT2D eigenvalue weighted by Gasteiger charge is 2.41. The third kappa shape index (κ3) is 6.60. The number of rotatable bonds is 9. The van der Waals surface area contributed by atoms with Crippen LogP contribution < -0.4 is 0 Å². The van der Waals surface area contributed by atoms with Crippen molar-refractivity contribution in [1.29, 1.82) is 0 Å². The largest absolute Gasteiger partial charge is 0.501 e. The van der Waals surface area contributed by atoms with Crippen LogP contribution in [0.3, 0.4) is 0 Å². The predicted molar refractivity (Wildman–Crippen MR) is 64.8 cm³/mol. The molecule has 0 spiro atoms. The lowest BCUT2D eigenvalue weighted by atomic mass is 10.1. The van der Waals surface area contributed by atoms with Gasteiger partial charge < -0.3 is 13.3 Å². The second-order valence-corrected chi connectivity index (χ2v) is 6.97. The molecule has 0 saturated carbocycles. The molecule has 1 radical (unpaired) electrons. The minimum atomic E-state index is -2.61. The minimum Gasteiger partial charge on any atom is -0.374 e. The van der Waals surface area contributed by atoms with Gasteiger partial charge in [0.1, 0.15) is 0 Å². The molecule has 0 heterocycles. The van der Waals surface area contributed by atoms with E-state index in [9.17, 15) is 5.11 Å². The SMILES string of the molecule is CCO[Si](CCC(C)(C)[O])(OCC)OCC. The fraction of sp³-hybridized carbons (Fsp3) is 1.00. The Morgan fingerprint density at radius 1 is 0.938 bits per heavy atom. The Kier molecular flexibility index (Phi) is 7.42. The van der Waals surface area contributed by atoms with Crippen molar-refractivity contribution in [3.05, 3.63) is 0 Å². The van der Waals surface area contributed by atoms with E-state index in [0.717, 1.165) is 0 Å². The molecular weight excluding hydrogens is 224 g/mol. The lowest BCUT2D eigenvalue weighted by Crippen LogP contribution is -2.47. The Morgan fingerprint density at radius 2 is 1.31 bits per heavy atom. The lowest BCUT2D eigenvalue weighted by molar-refractivity contribution is -0.00711. The summed E-state index contributed by atoms with van der Waals surface area (Å²) >= 11 is 0. The predicted octanol–water partition coefficient (Wildman–Crippen LogP) is 2.63. The van der Waals surface area contributed by atoms with Crippen molar-refractivity contribution in [1.82, 2.24) is 0 Å². The fourth-order valence-corrected chi connectivity index (χ4v) is 4.37. The zero-order valence-electron chi connectivity index (χ0n) is 11.2. The van der Waals surface area contributed by atoms with Crippen LogP contribution in [-0.2, 0) is 18.4 Å². The molecular formula is C11H25O4Si. The van der Waals surface area contributed by atoms with E-state index >= 15 is 0 Å². The number of hydrogen-bond donors (Lipinski definition) is 0. The summed E-state index contributed by atoms with van der Waals surface area (Å²) in [6.45, 7) is 10.8. The molecule has 5 heteroatoms. The molecule has 0 atom stereocenters. The molecule has 0 rings (SSSR count). The van der Waals surface area contributed by atoms with Crippen molar-refractivity contribution in [2.45, 2.75) is 52.7 Å². The second-order valence-electron chi connectivity index (χ2n) is 4.24. The summed E-state index contributed by atoms with van der Waals surface area (Å²) in [5, 5.41) is 11.6. The summed E-state index contributed by atoms with van der Waals surface area (Å²) in [5.74, 6) is 0. The zero-order chi connectivity index (χ0) is 12.7. The molecule has 16 heavy (non-hydrogen) atoms. The Morgan fingerprint density at radius 3 is 1.56 bits per heavy atom. The van der Waals surface area contributed by atoms with Crippen LogP contribution in [0.4, 0.5) is 0 Å². The highest BCUT2D eigenvalue weighted by Crippen LogP contribution is 2.23. The first-order valence-electron chi connectivity index (χ1n) is 6.01. The topological polar surface area (TPSA) is 47.6 Å². The van der Waals surface area contributed by atoms with Crippen LogP contribution in [0, 0.1) is 0 Å². The van der Waals surface area contributed by atoms with Gasteiger partial charge in [0.05, 0.1) is 5.60 Å². The van der Waals surface area contributed by atoms with Crippen molar-refractivity contribution >= 4 is 8.80 Å². The molecule has 4 nitrogen and oxygen atoms in total. The van der Waals surface area contributed by atoms with Crippen LogP contribution in [-0.4, -0.2) is 34.2 Å². The Balaban J connectivity index is 4.46. The van der Waals surface area contributed by atoms with Crippen LogP contribution in [0.15, 0.2) is 0 Å². The summed E-state index contributed by atoms with van der Waals surface area (Å²) in [4.78, 5) is 0. The van der Waals surface area contributed by atoms with Crippen LogP contribution in [0.2, 0.25) is 6.04 Å². The molecule has 97 valence electrons. The van der Waals surface area contributed by atoms with Crippen molar-refractivity contribution < 1.29 is 18.4 Å². The van der Waals surface area contributed by atoms with E-state index < -0.39 is 14.4 Å². The van der Waals surface area contributed by atoms with Crippen LogP contribution >= 0.6 is 0 Å². The molecule has 0 saturated heterocycles. The van der Waals surface area contributed by atoms with Crippen molar-refractivity contribution in [3.63, 3.8) is 0 Å². The van der Waals surface area contributed by atoms with E-state index in [1.54, 1.807) is 13.8 Å². The molecule has 0 amide bonds. The smallest absolute Gasteiger partial charge is 0.374 e. The molecule has 0 aromatic heterocycles. The van der Waals surface area contributed by atoms with Gasteiger partial charge in [-0.3, -0.25) is 0 Å². The average molecular weight is 249 g/mol. The van der Waals surface area contributed by atoms with E-state index in [2.05, 4.69) is 0 Å². The van der Waals surface area contributed by atoms with Crippen molar-refractivity contribution in [2.75, 3.05) is 19.8 Å². The van der Waals surface area contributed by atoms with Gasteiger partial charge in [-0.15, -0.1) is 0 Å². The summed E-state index contributed by atoms with van der Waals surface area (Å²) in [7, 11) is -2.61. The third-order valence-corrected chi connectivity index (χ3v) is 5.17. The third-order valence-electron chi connectivity index (χ3n) is 2.13. The maximum Gasteiger partial charge on any atom is 0.501 e. The normalized spacial score (nSPS) is 13.1. The molecule has 0 unspecified atom stereocenters. The molecule has 0 aromatic rings. The van der Waals surface area contributed by atoms with Gasteiger partial charge in [0.25, 0.3) is 0 Å². The van der Waals surface area contributed by atoms with Gasteiger partial charge in [-0.25, -0.2) is 5.11 Å². The lowest BCUT2D eigenvalue weighted by Gasteiger charge is -2.30. The molecule has 0 fully saturated rings. The fourth-order valence-electron chi connectivity index (χ4n) is 1.46. The van der Waals surface area contributed by atoms with E-state index in [-0.39, 0.29) is 0 Å². The van der Waals surface area contributed by atoms with Crippen molar-refractivity contribution in [3.8, 4) is 0 Å².